The first-order valence-electron chi connectivity index (χ1n) is 11.3. The molecule has 0 amide bonds. The number of hydrogen-bond acceptors (Lipinski definition) is 6. The third-order valence-corrected chi connectivity index (χ3v) is 7.30. The van der Waals surface area contributed by atoms with Gasteiger partial charge < -0.3 is 20.0 Å². The van der Waals surface area contributed by atoms with Gasteiger partial charge in [0.15, 0.2) is 0 Å². The second-order valence-corrected chi connectivity index (χ2v) is 10.3. The minimum absolute atomic E-state index is 0.00853. The van der Waals surface area contributed by atoms with Crippen LogP contribution in [0, 0.1) is 0 Å². The highest BCUT2D eigenvalue weighted by molar-refractivity contribution is 7.92. The zero-order valence-corrected chi connectivity index (χ0v) is 21.7. The highest BCUT2D eigenvalue weighted by Crippen LogP contribution is 2.32. The Kier molecular flexibility index (Phi) is 9.30. The van der Waals surface area contributed by atoms with E-state index in [0.717, 1.165) is 5.69 Å². The number of nitrogens with one attached hydrogen (secondary N) is 1. The molecule has 3 N–H and O–H groups in total. The molecule has 0 aliphatic carbocycles. The number of halogens is 4. The third kappa shape index (κ3) is 7.77. The van der Waals surface area contributed by atoms with Crippen LogP contribution in [0.3, 0.4) is 0 Å². The summed E-state index contributed by atoms with van der Waals surface area (Å²) in [7, 11) is -3.87. The van der Waals surface area contributed by atoms with Crippen molar-refractivity contribution in [1.29, 1.82) is 0 Å². The molecule has 0 radical (unpaired) electrons. The number of carboxylic acid groups (broad SMARTS) is 2. The third-order valence-electron chi connectivity index (χ3n) is 5.60. The molecule has 0 unspecified atom stereocenters. The smallest absolute Gasteiger partial charge is 0.478 e. The Labute approximate surface area is 227 Å². The lowest BCUT2D eigenvalue weighted by Gasteiger charge is -2.38. The van der Waals surface area contributed by atoms with E-state index in [2.05, 4.69) is 9.62 Å². The SMILES string of the molecule is O=C(O)C(F)(F)F.O=C(O)c1ccc(N2CCN(c3ccccc3Cl)CC2)c(NS(=O)(=O)c2ccccc2)c1. The number of alkyl halides is 3. The second-order valence-electron chi connectivity index (χ2n) is 8.18. The summed E-state index contributed by atoms with van der Waals surface area (Å²) in [5.41, 5.74) is 1.84. The number of benzene rings is 3. The van der Waals surface area contributed by atoms with Crippen LogP contribution in [0.25, 0.3) is 0 Å². The fourth-order valence-electron chi connectivity index (χ4n) is 3.73. The molecule has 4 rings (SSSR count). The van der Waals surface area contributed by atoms with Crippen LogP contribution in [0.15, 0.2) is 77.7 Å². The number of sulfonamides is 1. The van der Waals surface area contributed by atoms with Crippen LogP contribution in [0.4, 0.5) is 30.2 Å². The highest BCUT2D eigenvalue weighted by Gasteiger charge is 2.38. The molecule has 208 valence electrons. The van der Waals surface area contributed by atoms with Gasteiger partial charge in [-0.3, -0.25) is 4.72 Å². The first-order valence-corrected chi connectivity index (χ1v) is 13.2. The summed E-state index contributed by atoms with van der Waals surface area (Å²) >= 11 is 6.33. The maximum atomic E-state index is 12.9. The molecule has 1 heterocycles. The lowest BCUT2D eigenvalue weighted by molar-refractivity contribution is -0.192. The van der Waals surface area contributed by atoms with Crippen molar-refractivity contribution < 1.29 is 41.4 Å². The molecule has 1 aliphatic heterocycles. The van der Waals surface area contributed by atoms with Crippen LogP contribution >= 0.6 is 11.6 Å². The van der Waals surface area contributed by atoms with E-state index in [9.17, 15) is 31.5 Å². The van der Waals surface area contributed by atoms with Gasteiger partial charge in [0.25, 0.3) is 10.0 Å². The molecule has 1 aliphatic rings. The molecule has 39 heavy (non-hydrogen) atoms. The van der Waals surface area contributed by atoms with Crippen LogP contribution in [0.5, 0.6) is 0 Å². The summed E-state index contributed by atoms with van der Waals surface area (Å²) in [5.74, 6) is -3.88. The molecule has 0 spiro atoms. The quantitative estimate of drug-likeness (QED) is 0.377. The maximum Gasteiger partial charge on any atom is 0.490 e. The minimum Gasteiger partial charge on any atom is -0.478 e. The van der Waals surface area contributed by atoms with E-state index in [1.165, 1.54) is 24.3 Å². The summed E-state index contributed by atoms with van der Waals surface area (Å²) in [4.78, 5) is 24.7. The van der Waals surface area contributed by atoms with Crippen molar-refractivity contribution in [2.24, 2.45) is 0 Å². The van der Waals surface area contributed by atoms with Crippen molar-refractivity contribution in [1.82, 2.24) is 0 Å². The number of para-hydroxylation sites is 1. The Bertz CT molecular complexity index is 1430. The zero-order chi connectivity index (χ0) is 28.8. The van der Waals surface area contributed by atoms with Crippen molar-refractivity contribution in [3.8, 4) is 0 Å². The number of rotatable bonds is 6. The van der Waals surface area contributed by atoms with E-state index in [1.807, 2.05) is 29.2 Å². The van der Waals surface area contributed by atoms with Gasteiger partial charge in [0.2, 0.25) is 0 Å². The monoisotopic (exact) mass is 585 g/mol. The van der Waals surface area contributed by atoms with Crippen molar-refractivity contribution in [2.75, 3.05) is 40.7 Å². The average molecular weight is 586 g/mol. The molecule has 14 heteroatoms. The van der Waals surface area contributed by atoms with Crippen LogP contribution in [-0.2, 0) is 14.8 Å². The van der Waals surface area contributed by atoms with Crippen LogP contribution in [0.2, 0.25) is 5.02 Å². The highest BCUT2D eigenvalue weighted by atomic mass is 35.5. The van der Waals surface area contributed by atoms with Crippen molar-refractivity contribution >= 4 is 50.6 Å². The van der Waals surface area contributed by atoms with Crippen molar-refractivity contribution in [3.63, 3.8) is 0 Å². The first kappa shape index (κ1) is 29.6. The molecule has 3 aromatic rings. The number of piperazine rings is 1. The topological polar surface area (TPSA) is 127 Å². The number of nitrogens with zero attached hydrogens (tertiary/aromatic N) is 2. The average Bonchev–Trinajstić information content (AvgIpc) is 2.89. The number of aromatic carboxylic acids is 1. The van der Waals surface area contributed by atoms with E-state index in [4.69, 9.17) is 21.5 Å². The molecule has 0 atom stereocenters. The largest absolute Gasteiger partial charge is 0.490 e. The second kappa shape index (κ2) is 12.3. The van der Waals surface area contributed by atoms with E-state index in [0.29, 0.717) is 36.9 Å². The number of anilines is 3. The summed E-state index contributed by atoms with van der Waals surface area (Å²) in [6, 6.07) is 20.1. The molecule has 1 saturated heterocycles. The van der Waals surface area contributed by atoms with Crippen molar-refractivity contribution in [2.45, 2.75) is 11.1 Å². The normalized spacial score (nSPS) is 13.7. The molecule has 1 fully saturated rings. The Morgan fingerprint density at radius 1 is 0.821 bits per heavy atom. The molecule has 0 bridgehead atoms. The summed E-state index contributed by atoms with van der Waals surface area (Å²) in [6.07, 6.45) is -5.08. The van der Waals surface area contributed by atoms with Gasteiger partial charge >= 0.3 is 18.1 Å². The Hall–Kier alpha value is -3.97. The van der Waals surface area contributed by atoms with Gasteiger partial charge in [0.05, 0.1) is 32.5 Å². The predicted octanol–water partition coefficient (Wildman–Crippen LogP) is 4.80. The summed E-state index contributed by atoms with van der Waals surface area (Å²) < 4.78 is 60.1. The first-order chi connectivity index (χ1) is 18.3. The number of aliphatic carboxylic acids is 1. The van der Waals surface area contributed by atoms with Gasteiger partial charge in [0, 0.05) is 26.2 Å². The van der Waals surface area contributed by atoms with Gasteiger partial charge in [-0.2, -0.15) is 13.2 Å². The molecular formula is C25H23ClF3N3O6S. The Morgan fingerprint density at radius 3 is 1.85 bits per heavy atom. The van der Waals surface area contributed by atoms with Crippen LogP contribution < -0.4 is 14.5 Å². The fourth-order valence-corrected chi connectivity index (χ4v) is 5.07. The summed E-state index contributed by atoms with van der Waals surface area (Å²) in [5, 5.41) is 17.2. The van der Waals surface area contributed by atoms with Crippen LogP contribution in [-0.4, -0.2) is 62.9 Å². The number of carbonyl (C=O) groups is 2. The molecule has 0 saturated carbocycles. The lowest BCUT2D eigenvalue weighted by atomic mass is 10.1. The minimum atomic E-state index is -5.08. The van der Waals surface area contributed by atoms with E-state index >= 15 is 0 Å². The summed E-state index contributed by atoms with van der Waals surface area (Å²) in [6.45, 7) is 2.62. The van der Waals surface area contributed by atoms with Gasteiger partial charge in [-0.1, -0.05) is 41.9 Å². The number of hydrogen-bond donors (Lipinski definition) is 3. The Morgan fingerprint density at radius 2 is 1.33 bits per heavy atom. The predicted molar refractivity (Wildman–Crippen MR) is 140 cm³/mol. The standard InChI is InChI=1S/C23H22ClN3O4S.C2HF3O2/c24-19-8-4-5-9-21(19)26-12-14-27(15-13-26)22-11-10-17(23(28)29)16-20(22)25-32(30,31)18-6-2-1-3-7-18;3-2(4,5)1(6)7/h1-11,16,25H,12-15H2,(H,28,29);(H,6,7). The maximum absolute atomic E-state index is 12.9. The van der Waals surface area contributed by atoms with Gasteiger partial charge in [-0.05, 0) is 42.5 Å². The van der Waals surface area contributed by atoms with Gasteiger partial charge in [-0.15, -0.1) is 0 Å². The zero-order valence-electron chi connectivity index (χ0n) is 20.1. The Balaban J connectivity index is 0.000000532. The number of carboxylic acids is 2. The molecule has 0 aromatic heterocycles. The lowest BCUT2D eigenvalue weighted by Crippen LogP contribution is -2.46. The molecule has 9 nitrogen and oxygen atoms in total. The van der Waals surface area contributed by atoms with Gasteiger partial charge in [-0.25, -0.2) is 18.0 Å². The van der Waals surface area contributed by atoms with Gasteiger partial charge in [0.1, 0.15) is 0 Å². The van der Waals surface area contributed by atoms with E-state index < -0.39 is 28.1 Å². The van der Waals surface area contributed by atoms with E-state index in [-0.39, 0.29) is 16.1 Å². The van der Waals surface area contributed by atoms with Crippen molar-refractivity contribution in [3.05, 3.63) is 83.4 Å². The van der Waals surface area contributed by atoms with E-state index in [1.54, 1.807) is 24.3 Å². The molecular weight excluding hydrogens is 563 g/mol. The fraction of sp³-hybridized carbons (Fsp3) is 0.200. The van der Waals surface area contributed by atoms with Crippen LogP contribution in [0.1, 0.15) is 10.4 Å². The molecule has 3 aromatic carbocycles.